The molecule has 0 heterocycles. The molecule has 4 nitrogen and oxygen atoms in total. The zero-order valence-corrected chi connectivity index (χ0v) is 11.9. The van der Waals surface area contributed by atoms with E-state index >= 15 is 0 Å². The highest BCUT2D eigenvalue weighted by atomic mass is 32.2. The van der Waals surface area contributed by atoms with Gasteiger partial charge in [-0.05, 0) is 48.4 Å². The number of aryl methyl sites for hydroxylation is 1. The minimum Gasteiger partial charge on any atom is -0.399 e. The van der Waals surface area contributed by atoms with Gasteiger partial charge < -0.3 is 11.5 Å². The van der Waals surface area contributed by atoms with Crippen LogP contribution in [-0.2, 0) is 16.6 Å². The molecule has 20 heavy (non-hydrogen) atoms. The van der Waals surface area contributed by atoms with Crippen LogP contribution in [0.3, 0.4) is 0 Å². The fourth-order valence-electron chi connectivity index (χ4n) is 1.79. The van der Waals surface area contributed by atoms with Crippen LogP contribution in [0.5, 0.6) is 0 Å². The summed E-state index contributed by atoms with van der Waals surface area (Å²) in [5.41, 5.74) is 13.9. The van der Waals surface area contributed by atoms with Gasteiger partial charge in [-0.1, -0.05) is 12.1 Å². The molecule has 0 aliphatic heterocycles. The first-order valence-electron chi connectivity index (χ1n) is 6.10. The molecular weight excluding hydrogens is 272 g/mol. The molecule has 0 spiro atoms. The lowest BCUT2D eigenvalue weighted by molar-refractivity contribution is 0.100. The van der Waals surface area contributed by atoms with Crippen molar-refractivity contribution in [1.82, 2.24) is 0 Å². The summed E-state index contributed by atoms with van der Waals surface area (Å²) < 4.78 is 12.3. The fourth-order valence-corrected chi connectivity index (χ4v) is 2.98. The lowest BCUT2D eigenvalue weighted by Gasteiger charge is -2.06. The lowest BCUT2D eigenvalue weighted by Crippen LogP contribution is -2.10. The predicted molar refractivity (Wildman–Crippen MR) is 80.7 cm³/mol. The summed E-state index contributed by atoms with van der Waals surface area (Å²) >= 11 is 0. The SMILES string of the molecule is Cc1cc(S(=O)Cc2ccc(C(N)=O)cc2)ccc1N. The predicted octanol–water partition coefficient (Wildman–Crippen LogP) is 1.98. The van der Waals surface area contributed by atoms with Crippen LogP contribution in [-0.4, -0.2) is 10.1 Å². The van der Waals surface area contributed by atoms with Gasteiger partial charge in [0.1, 0.15) is 0 Å². The Morgan fingerprint density at radius 1 is 1.15 bits per heavy atom. The summed E-state index contributed by atoms with van der Waals surface area (Å²) in [6.07, 6.45) is 0. The number of nitrogens with two attached hydrogens (primary N) is 2. The Kier molecular flexibility index (Phi) is 4.20. The first-order valence-corrected chi connectivity index (χ1v) is 7.42. The summed E-state index contributed by atoms with van der Waals surface area (Å²) in [5.74, 6) is -0.0746. The monoisotopic (exact) mass is 288 g/mol. The molecule has 104 valence electrons. The van der Waals surface area contributed by atoms with Crippen LogP contribution in [0.1, 0.15) is 21.5 Å². The van der Waals surface area contributed by atoms with Crippen molar-refractivity contribution in [3.63, 3.8) is 0 Å². The van der Waals surface area contributed by atoms with Gasteiger partial charge >= 0.3 is 0 Å². The Morgan fingerprint density at radius 2 is 1.80 bits per heavy atom. The number of nitrogen functional groups attached to an aromatic ring is 1. The zero-order valence-electron chi connectivity index (χ0n) is 11.1. The van der Waals surface area contributed by atoms with Gasteiger partial charge in [0.05, 0.1) is 16.6 Å². The molecule has 1 unspecified atom stereocenters. The molecule has 5 heteroatoms. The molecule has 0 radical (unpaired) electrons. The van der Waals surface area contributed by atoms with Crippen molar-refractivity contribution >= 4 is 22.4 Å². The summed E-state index contributed by atoms with van der Waals surface area (Å²) in [6, 6.07) is 12.2. The highest BCUT2D eigenvalue weighted by Gasteiger charge is 2.07. The third kappa shape index (κ3) is 3.24. The second-order valence-corrected chi connectivity index (χ2v) is 6.02. The zero-order chi connectivity index (χ0) is 14.7. The number of benzene rings is 2. The molecule has 0 bridgehead atoms. The van der Waals surface area contributed by atoms with Crippen molar-refractivity contribution in [2.45, 2.75) is 17.6 Å². The van der Waals surface area contributed by atoms with E-state index in [1.165, 1.54) is 0 Å². The number of hydrogen-bond donors (Lipinski definition) is 2. The van der Waals surface area contributed by atoms with Crippen molar-refractivity contribution in [2.24, 2.45) is 5.73 Å². The number of amides is 1. The van der Waals surface area contributed by atoms with Crippen molar-refractivity contribution in [3.05, 3.63) is 59.2 Å². The molecule has 2 aromatic carbocycles. The standard InChI is InChI=1S/C15H16N2O2S/c1-10-8-13(6-7-14(10)16)20(19)9-11-2-4-12(5-3-11)15(17)18/h2-8H,9,16H2,1H3,(H2,17,18). The minimum absolute atomic E-state index is 0.391. The molecule has 0 saturated carbocycles. The highest BCUT2D eigenvalue weighted by Crippen LogP contribution is 2.18. The van der Waals surface area contributed by atoms with E-state index in [0.29, 0.717) is 17.0 Å². The average Bonchev–Trinajstić information content (AvgIpc) is 2.42. The van der Waals surface area contributed by atoms with E-state index < -0.39 is 16.7 Å². The van der Waals surface area contributed by atoms with Crippen LogP contribution in [0.2, 0.25) is 0 Å². The maximum Gasteiger partial charge on any atom is 0.248 e. The van der Waals surface area contributed by atoms with Gasteiger partial charge in [-0.15, -0.1) is 0 Å². The topological polar surface area (TPSA) is 86.2 Å². The van der Waals surface area contributed by atoms with Gasteiger partial charge in [0.25, 0.3) is 0 Å². The van der Waals surface area contributed by atoms with E-state index in [1.807, 2.05) is 13.0 Å². The van der Waals surface area contributed by atoms with E-state index in [-0.39, 0.29) is 0 Å². The van der Waals surface area contributed by atoms with E-state index in [2.05, 4.69) is 0 Å². The Labute approximate surface area is 120 Å². The summed E-state index contributed by atoms with van der Waals surface area (Å²) in [6.45, 7) is 1.89. The van der Waals surface area contributed by atoms with Crippen LogP contribution in [0.25, 0.3) is 0 Å². The maximum absolute atomic E-state index is 12.3. The van der Waals surface area contributed by atoms with Crippen LogP contribution < -0.4 is 11.5 Å². The molecule has 0 aliphatic rings. The molecule has 2 aromatic rings. The average molecular weight is 288 g/mol. The largest absolute Gasteiger partial charge is 0.399 e. The number of carbonyl (C=O) groups is 1. The quantitative estimate of drug-likeness (QED) is 0.843. The van der Waals surface area contributed by atoms with E-state index in [4.69, 9.17) is 11.5 Å². The second kappa shape index (κ2) is 5.88. The molecule has 0 saturated heterocycles. The molecular formula is C15H16N2O2S. The highest BCUT2D eigenvalue weighted by molar-refractivity contribution is 7.84. The Hall–Kier alpha value is -2.14. The van der Waals surface area contributed by atoms with Gasteiger partial charge in [-0.3, -0.25) is 9.00 Å². The number of hydrogen-bond acceptors (Lipinski definition) is 3. The lowest BCUT2D eigenvalue weighted by atomic mass is 10.1. The molecule has 1 atom stereocenters. The first kappa shape index (κ1) is 14.3. The summed E-state index contributed by atoms with van der Waals surface area (Å²) in [4.78, 5) is 11.7. The van der Waals surface area contributed by atoms with Crippen LogP contribution in [0.15, 0.2) is 47.4 Å². The molecule has 1 amide bonds. The smallest absolute Gasteiger partial charge is 0.248 e. The van der Waals surface area contributed by atoms with Crippen molar-refractivity contribution in [1.29, 1.82) is 0 Å². The van der Waals surface area contributed by atoms with E-state index in [1.54, 1.807) is 36.4 Å². The maximum atomic E-state index is 12.3. The van der Waals surface area contributed by atoms with Crippen LogP contribution in [0.4, 0.5) is 5.69 Å². The van der Waals surface area contributed by atoms with Crippen molar-refractivity contribution in [3.8, 4) is 0 Å². The third-order valence-corrected chi connectivity index (χ3v) is 4.42. The van der Waals surface area contributed by atoms with Crippen molar-refractivity contribution in [2.75, 3.05) is 5.73 Å². The summed E-state index contributed by atoms with van der Waals surface area (Å²) in [7, 11) is -1.14. The Morgan fingerprint density at radius 3 is 2.35 bits per heavy atom. The first-order chi connectivity index (χ1) is 9.47. The van der Waals surface area contributed by atoms with E-state index in [0.717, 1.165) is 16.0 Å². The Bertz CT molecular complexity index is 666. The summed E-state index contributed by atoms with van der Waals surface area (Å²) in [5, 5.41) is 0. The fraction of sp³-hybridized carbons (Fsp3) is 0.133. The van der Waals surface area contributed by atoms with Gasteiger partial charge in [0, 0.05) is 16.1 Å². The van der Waals surface area contributed by atoms with Gasteiger partial charge in [0.2, 0.25) is 5.91 Å². The van der Waals surface area contributed by atoms with Crippen molar-refractivity contribution < 1.29 is 9.00 Å². The van der Waals surface area contributed by atoms with Gasteiger partial charge in [-0.25, -0.2) is 0 Å². The molecule has 0 aromatic heterocycles. The normalized spacial score (nSPS) is 12.1. The number of carbonyl (C=O) groups excluding carboxylic acids is 1. The molecule has 0 fully saturated rings. The van der Waals surface area contributed by atoms with Crippen LogP contribution >= 0.6 is 0 Å². The third-order valence-electron chi connectivity index (χ3n) is 3.04. The number of anilines is 1. The Balaban J connectivity index is 2.14. The van der Waals surface area contributed by atoms with Crippen LogP contribution in [0, 0.1) is 6.92 Å². The minimum atomic E-state index is -1.14. The van der Waals surface area contributed by atoms with Gasteiger partial charge in [-0.2, -0.15) is 0 Å². The second-order valence-electron chi connectivity index (χ2n) is 4.57. The number of rotatable bonds is 4. The molecule has 4 N–H and O–H groups in total. The molecule has 2 rings (SSSR count). The van der Waals surface area contributed by atoms with Gasteiger partial charge in [0.15, 0.2) is 0 Å². The number of primary amides is 1. The van der Waals surface area contributed by atoms with E-state index in [9.17, 15) is 9.00 Å². The molecule has 0 aliphatic carbocycles.